The van der Waals surface area contributed by atoms with Crippen LogP contribution in [-0.4, -0.2) is 17.5 Å². The van der Waals surface area contributed by atoms with E-state index in [0.29, 0.717) is 22.4 Å². The number of anilines is 1. The Morgan fingerprint density at radius 1 is 1.27 bits per heavy atom. The van der Waals surface area contributed by atoms with Crippen LogP contribution in [-0.2, 0) is 4.79 Å². The van der Waals surface area contributed by atoms with Crippen molar-refractivity contribution in [2.45, 2.75) is 19.9 Å². The number of nitrogens with zero attached hydrogens (tertiary/aromatic N) is 2. The van der Waals surface area contributed by atoms with Crippen LogP contribution in [0.2, 0.25) is 5.02 Å². The summed E-state index contributed by atoms with van der Waals surface area (Å²) in [4.78, 5) is 18.8. The third-order valence-corrected chi connectivity index (χ3v) is 4.42. The lowest BCUT2D eigenvalue weighted by Gasteiger charge is -2.27. The molecule has 0 radical (unpaired) electrons. The molecule has 0 aliphatic rings. The van der Waals surface area contributed by atoms with Gasteiger partial charge in [0.2, 0.25) is 0 Å². The highest BCUT2D eigenvalue weighted by atomic mass is 35.5. The monoisotopic (exact) mass is 370 g/mol. The van der Waals surface area contributed by atoms with Crippen molar-refractivity contribution in [2.24, 2.45) is 0 Å². The van der Waals surface area contributed by atoms with E-state index in [4.69, 9.17) is 20.8 Å². The molecule has 6 heteroatoms. The molecule has 0 aliphatic heterocycles. The molecule has 0 N–H and O–H groups in total. The molecule has 0 unspecified atom stereocenters. The number of rotatable bonds is 6. The highest BCUT2D eigenvalue weighted by molar-refractivity contribution is 6.31. The zero-order valence-corrected chi connectivity index (χ0v) is 15.3. The number of furan rings is 1. The lowest BCUT2D eigenvalue weighted by Crippen LogP contribution is -2.37. The van der Waals surface area contributed by atoms with Crippen LogP contribution in [0.4, 0.5) is 5.82 Å². The Hall–Kier alpha value is -2.79. The first-order valence-electron chi connectivity index (χ1n) is 8.21. The summed E-state index contributed by atoms with van der Waals surface area (Å²) >= 11 is 6.02. The number of aryl methyl sites for hydroxylation is 1. The maximum atomic E-state index is 12.9. The number of pyridine rings is 1. The summed E-state index contributed by atoms with van der Waals surface area (Å²) in [5, 5.41) is 0.658. The molecule has 1 aromatic carbocycles. The Balaban J connectivity index is 1.79. The van der Waals surface area contributed by atoms with Crippen molar-refractivity contribution in [3.63, 3.8) is 0 Å². The SMILES string of the molecule is Cc1cc(OCC(=O)N(c2ccccn2)[C@@H](C)c2ccco2)ccc1Cl. The fourth-order valence-corrected chi connectivity index (χ4v) is 2.73. The molecular weight excluding hydrogens is 352 g/mol. The minimum Gasteiger partial charge on any atom is -0.484 e. The lowest BCUT2D eigenvalue weighted by atomic mass is 10.2. The predicted octanol–water partition coefficient (Wildman–Crippen LogP) is 4.81. The van der Waals surface area contributed by atoms with Crippen LogP contribution < -0.4 is 9.64 Å². The van der Waals surface area contributed by atoms with Gasteiger partial charge in [0.1, 0.15) is 17.3 Å². The van der Waals surface area contributed by atoms with Crippen molar-refractivity contribution in [1.82, 2.24) is 4.98 Å². The summed E-state index contributed by atoms with van der Waals surface area (Å²) in [5.74, 6) is 1.58. The van der Waals surface area contributed by atoms with E-state index in [9.17, 15) is 4.79 Å². The molecule has 26 heavy (non-hydrogen) atoms. The minimum atomic E-state index is -0.317. The topological polar surface area (TPSA) is 55.6 Å². The number of carbonyl (C=O) groups is 1. The summed E-state index contributed by atoms with van der Waals surface area (Å²) in [6.07, 6.45) is 3.23. The first kappa shape index (κ1) is 18.0. The third-order valence-electron chi connectivity index (χ3n) is 4.00. The molecular formula is C20H19ClN2O3. The van der Waals surface area contributed by atoms with E-state index in [0.717, 1.165) is 5.56 Å². The Bertz CT molecular complexity index is 866. The molecule has 2 aromatic heterocycles. The van der Waals surface area contributed by atoms with E-state index in [1.165, 1.54) is 0 Å². The molecule has 0 saturated carbocycles. The van der Waals surface area contributed by atoms with Gasteiger partial charge >= 0.3 is 0 Å². The van der Waals surface area contributed by atoms with E-state index in [-0.39, 0.29) is 18.6 Å². The van der Waals surface area contributed by atoms with Gasteiger partial charge < -0.3 is 9.15 Å². The van der Waals surface area contributed by atoms with Gasteiger partial charge in [-0.05, 0) is 61.9 Å². The van der Waals surface area contributed by atoms with Gasteiger partial charge in [-0.2, -0.15) is 0 Å². The van der Waals surface area contributed by atoms with Crippen molar-refractivity contribution >= 4 is 23.3 Å². The average molecular weight is 371 g/mol. The Labute approximate surface area is 157 Å². The number of ether oxygens (including phenoxy) is 1. The summed E-state index contributed by atoms with van der Waals surface area (Å²) < 4.78 is 11.1. The van der Waals surface area contributed by atoms with Crippen LogP contribution in [0.3, 0.4) is 0 Å². The third kappa shape index (κ3) is 4.06. The van der Waals surface area contributed by atoms with Gasteiger partial charge in [0.15, 0.2) is 6.61 Å². The summed E-state index contributed by atoms with van der Waals surface area (Å²) in [7, 11) is 0. The molecule has 0 aliphatic carbocycles. The van der Waals surface area contributed by atoms with Crippen LogP contribution in [0.5, 0.6) is 5.75 Å². The van der Waals surface area contributed by atoms with E-state index in [1.807, 2.05) is 26.0 Å². The molecule has 0 bridgehead atoms. The first-order chi connectivity index (χ1) is 12.6. The van der Waals surface area contributed by atoms with Crippen molar-refractivity contribution in [1.29, 1.82) is 0 Å². The molecule has 3 aromatic rings. The van der Waals surface area contributed by atoms with Crippen LogP contribution in [0.25, 0.3) is 0 Å². The van der Waals surface area contributed by atoms with Gasteiger partial charge in [-0.25, -0.2) is 4.98 Å². The number of benzene rings is 1. The lowest BCUT2D eigenvalue weighted by molar-refractivity contribution is -0.121. The van der Waals surface area contributed by atoms with Crippen molar-refractivity contribution < 1.29 is 13.9 Å². The number of hydrogen-bond donors (Lipinski definition) is 0. The summed E-state index contributed by atoms with van der Waals surface area (Å²) in [5.41, 5.74) is 0.891. The zero-order valence-electron chi connectivity index (χ0n) is 14.6. The van der Waals surface area contributed by atoms with Crippen LogP contribution in [0.15, 0.2) is 65.4 Å². The normalized spacial score (nSPS) is 11.8. The molecule has 1 amide bonds. The molecule has 0 spiro atoms. The van der Waals surface area contributed by atoms with Crippen molar-refractivity contribution in [3.8, 4) is 5.75 Å². The fraction of sp³-hybridized carbons (Fsp3) is 0.200. The molecule has 2 heterocycles. The second-order valence-electron chi connectivity index (χ2n) is 5.84. The summed E-state index contributed by atoms with van der Waals surface area (Å²) in [6.45, 7) is 3.65. The molecule has 5 nitrogen and oxygen atoms in total. The second-order valence-corrected chi connectivity index (χ2v) is 6.25. The molecule has 3 rings (SSSR count). The number of aromatic nitrogens is 1. The van der Waals surface area contributed by atoms with Gasteiger partial charge in [0, 0.05) is 11.2 Å². The van der Waals surface area contributed by atoms with Gasteiger partial charge in [0.25, 0.3) is 5.91 Å². The van der Waals surface area contributed by atoms with E-state index >= 15 is 0 Å². The zero-order chi connectivity index (χ0) is 18.5. The Kier molecular flexibility index (Phi) is 5.58. The van der Waals surface area contributed by atoms with Gasteiger partial charge in [-0.15, -0.1) is 0 Å². The van der Waals surface area contributed by atoms with E-state index in [1.54, 1.807) is 53.8 Å². The summed E-state index contributed by atoms with van der Waals surface area (Å²) in [6, 6.07) is 14.0. The minimum absolute atomic E-state index is 0.122. The van der Waals surface area contributed by atoms with Crippen LogP contribution in [0, 0.1) is 6.92 Å². The number of carbonyl (C=O) groups excluding carboxylic acids is 1. The average Bonchev–Trinajstić information content (AvgIpc) is 3.18. The predicted molar refractivity (Wildman–Crippen MR) is 101 cm³/mol. The Morgan fingerprint density at radius 3 is 2.77 bits per heavy atom. The number of amides is 1. The standard InChI is InChI=1S/C20H19ClN2O3/c1-14-12-16(8-9-17(14)21)26-13-20(24)23(19-7-3-4-10-22-19)15(2)18-6-5-11-25-18/h3-12,15H,13H2,1-2H3/t15-/m0/s1. The quantitative estimate of drug-likeness (QED) is 0.624. The van der Waals surface area contributed by atoms with Crippen LogP contribution >= 0.6 is 11.6 Å². The molecule has 0 fully saturated rings. The van der Waals surface area contributed by atoms with E-state index in [2.05, 4.69) is 4.98 Å². The molecule has 134 valence electrons. The maximum Gasteiger partial charge on any atom is 0.266 e. The number of halogens is 1. The number of hydrogen-bond acceptors (Lipinski definition) is 4. The maximum absolute atomic E-state index is 12.9. The van der Waals surface area contributed by atoms with Crippen molar-refractivity contribution in [2.75, 3.05) is 11.5 Å². The van der Waals surface area contributed by atoms with Crippen molar-refractivity contribution in [3.05, 3.63) is 77.3 Å². The largest absolute Gasteiger partial charge is 0.484 e. The smallest absolute Gasteiger partial charge is 0.266 e. The first-order valence-corrected chi connectivity index (χ1v) is 8.59. The van der Waals surface area contributed by atoms with Gasteiger partial charge in [0.05, 0.1) is 12.3 Å². The van der Waals surface area contributed by atoms with Crippen LogP contribution in [0.1, 0.15) is 24.3 Å². The van der Waals surface area contributed by atoms with Gasteiger partial charge in [-0.3, -0.25) is 9.69 Å². The fourth-order valence-electron chi connectivity index (χ4n) is 2.62. The highest BCUT2D eigenvalue weighted by Gasteiger charge is 2.26. The Morgan fingerprint density at radius 2 is 2.12 bits per heavy atom. The van der Waals surface area contributed by atoms with E-state index < -0.39 is 0 Å². The molecule has 0 saturated heterocycles. The highest BCUT2D eigenvalue weighted by Crippen LogP contribution is 2.26. The molecule has 1 atom stereocenters. The van der Waals surface area contributed by atoms with Gasteiger partial charge in [-0.1, -0.05) is 17.7 Å². The second kappa shape index (κ2) is 8.06.